The molecular weight excluding hydrogens is 298 g/mol. The molecule has 0 fully saturated rings. The van der Waals surface area contributed by atoms with Gasteiger partial charge in [0.1, 0.15) is 19.2 Å². The van der Waals surface area contributed by atoms with E-state index in [0.717, 1.165) is 10.0 Å². The van der Waals surface area contributed by atoms with Gasteiger partial charge in [0.25, 0.3) is 0 Å². The number of nitrogens with zero attached hydrogens (tertiary/aromatic N) is 5. The average molecular weight is 306 g/mol. The molecule has 18 heavy (non-hydrogen) atoms. The maximum Gasteiger partial charge on any atom is 0.248 e. The lowest BCUT2D eigenvalue weighted by atomic mass is 10.2. The quantitative estimate of drug-likeness (QED) is 0.741. The molecule has 2 heterocycles. The molecular formula is C11H8BrN5O. The van der Waals surface area contributed by atoms with Crippen molar-refractivity contribution >= 4 is 15.9 Å². The Balaban J connectivity index is 1.85. The number of aromatic nitrogens is 5. The van der Waals surface area contributed by atoms with Crippen LogP contribution in [0.2, 0.25) is 0 Å². The Morgan fingerprint density at radius 2 is 2.28 bits per heavy atom. The van der Waals surface area contributed by atoms with E-state index in [0.29, 0.717) is 18.3 Å². The summed E-state index contributed by atoms with van der Waals surface area (Å²) in [6, 6.07) is 7.73. The average Bonchev–Trinajstić information content (AvgIpc) is 3.01. The molecule has 0 amide bonds. The largest absolute Gasteiger partial charge is 0.337 e. The van der Waals surface area contributed by atoms with Gasteiger partial charge in [-0.2, -0.15) is 10.1 Å². The fourth-order valence-corrected chi connectivity index (χ4v) is 1.92. The van der Waals surface area contributed by atoms with Crippen molar-refractivity contribution < 1.29 is 4.52 Å². The molecule has 0 aliphatic rings. The highest BCUT2D eigenvalue weighted by molar-refractivity contribution is 9.10. The number of hydrogen-bond acceptors (Lipinski definition) is 5. The lowest BCUT2D eigenvalue weighted by molar-refractivity contribution is 0.366. The summed E-state index contributed by atoms with van der Waals surface area (Å²) < 4.78 is 7.77. The Bertz CT molecular complexity index is 649. The van der Waals surface area contributed by atoms with Gasteiger partial charge in [-0.15, -0.1) is 0 Å². The van der Waals surface area contributed by atoms with E-state index < -0.39 is 0 Å². The predicted octanol–water partition coefficient (Wildman–Crippen LogP) is 2.14. The van der Waals surface area contributed by atoms with Crippen molar-refractivity contribution in [2.45, 2.75) is 6.54 Å². The predicted molar refractivity (Wildman–Crippen MR) is 66.6 cm³/mol. The third-order valence-electron chi connectivity index (χ3n) is 2.31. The molecule has 0 saturated carbocycles. The molecule has 0 unspecified atom stereocenters. The molecule has 0 N–H and O–H groups in total. The fourth-order valence-electron chi connectivity index (χ4n) is 1.52. The molecule has 3 aromatic rings. The molecule has 0 spiro atoms. The van der Waals surface area contributed by atoms with Crippen LogP contribution in [-0.2, 0) is 6.54 Å². The minimum Gasteiger partial charge on any atom is -0.337 e. The summed E-state index contributed by atoms with van der Waals surface area (Å²) >= 11 is 3.41. The molecule has 90 valence electrons. The van der Waals surface area contributed by atoms with Crippen LogP contribution in [0.25, 0.3) is 11.4 Å². The topological polar surface area (TPSA) is 69.6 Å². The highest BCUT2D eigenvalue weighted by Crippen LogP contribution is 2.20. The molecule has 2 aromatic heterocycles. The molecule has 0 atom stereocenters. The first kappa shape index (κ1) is 11.1. The van der Waals surface area contributed by atoms with Gasteiger partial charge in [0.2, 0.25) is 11.7 Å². The zero-order valence-electron chi connectivity index (χ0n) is 9.19. The minimum absolute atomic E-state index is 0.418. The van der Waals surface area contributed by atoms with Gasteiger partial charge >= 0.3 is 0 Å². The first-order valence-corrected chi connectivity index (χ1v) is 6.01. The summed E-state index contributed by atoms with van der Waals surface area (Å²) in [6.07, 6.45) is 3.06. The Kier molecular flexibility index (Phi) is 2.89. The molecule has 7 heteroatoms. The standard InChI is InChI=1S/C11H8BrN5O/c12-9-3-1-2-8(4-9)11-15-10(18-16-11)5-17-7-13-6-14-17/h1-4,6-7H,5H2. The number of halogens is 1. The van der Waals surface area contributed by atoms with E-state index in [4.69, 9.17) is 4.52 Å². The normalized spacial score (nSPS) is 10.7. The van der Waals surface area contributed by atoms with E-state index >= 15 is 0 Å². The Hall–Kier alpha value is -2.02. The zero-order valence-corrected chi connectivity index (χ0v) is 10.8. The van der Waals surface area contributed by atoms with Gasteiger partial charge in [0.05, 0.1) is 0 Å². The van der Waals surface area contributed by atoms with Crippen LogP contribution < -0.4 is 0 Å². The smallest absolute Gasteiger partial charge is 0.248 e. The lowest BCUT2D eigenvalue weighted by Crippen LogP contribution is -1.99. The van der Waals surface area contributed by atoms with Crippen molar-refractivity contribution in [3.63, 3.8) is 0 Å². The van der Waals surface area contributed by atoms with Crippen LogP contribution in [-0.4, -0.2) is 24.9 Å². The first-order chi connectivity index (χ1) is 8.81. The molecule has 0 aliphatic carbocycles. The second-order valence-corrected chi connectivity index (χ2v) is 4.53. The Morgan fingerprint density at radius 3 is 3.06 bits per heavy atom. The van der Waals surface area contributed by atoms with Crippen molar-refractivity contribution in [2.75, 3.05) is 0 Å². The van der Waals surface area contributed by atoms with Gasteiger partial charge in [-0.25, -0.2) is 9.67 Å². The molecule has 0 saturated heterocycles. The maximum atomic E-state index is 5.17. The number of benzene rings is 1. The summed E-state index contributed by atoms with van der Waals surface area (Å²) in [5, 5.41) is 7.92. The summed E-state index contributed by atoms with van der Waals surface area (Å²) in [5.74, 6) is 1.06. The number of hydrogen-bond donors (Lipinski definition) is 0. The van der Waals surface area contributed by atoms with Crippen LogP contribution in [0, 0.1) is 0 Å². The second-order valence-electron chi connectivity index (χ2n) is 3.62. The molecule has 3 rings (SSSR count). The number of rotatable bonds is 3. The highest BCUT2D eigenvalue weighted by Gasteiger charge is 2.09. The monoisotopic (exact) mass is 305 g/mol. The van der Waals surface area contributed by atoms with Crippen LogP contribution in [0.5, 0.6) is 0 Å². The summed E-state index contributed by atoms with van der Waals surface area (Å²) in [7, 11) is 0. The lowest BCUT2D eigenvalue weighted by Gasteiger charge is -1.94. The highest BCUT2D eigenvalue weighted by atomic mass is 79.9. The maximum absolute atomic E-state index is 5.17. The van der Waals surface area contributed by atoms with Crippen LogP contribution in [0.3, 0.4) is 0 Å². The van der Waals surface area contributed by atoms with Crippen molar-refractivity contribution in [3.8, 4) is 11.4 Å². The van der Waals surface area contributed by atoms with Crippen LogP contribution >= 0.6 is 15.9 Å². The molecule has 0 aliphatic heterocycles. The van der Waals surface area contributed by atoms with E-state index in [-0.39, 0.29) is 0 Å². The second kappa shape index (κ2) is 4.69. The first-order valence-electron chi connectivity index (χ1n) is 5.22. The van der Waals surface area contributed by atoms with Gasteiger partial charge in [0, 0.05) is 10.0 Å². The third kappa shape index (κ3) is 2.30. The van der Waals surface area contributed by atoms with Gasteiger partial charge in [-0.1, -0.05) is 33.2 Å². The fraction of sp³-hybridized carbons (Fsp3) is 0.0909. The van der Waals surface area contributed by atoms with Gasteiger partial charge in [0.15, 0.2) is 0 Å². The van der Waals surface area contributed by atoms with Gasteiger partial charge in [-0.3, -0.25) is 0 Å². The van der Waals surface area contributed by atoms with Crippen molar-refractivity contribution in [1.29, 1.82) is 0 Å². The van der Waals surface area contributed by atoms with E-state index in [1.54, 1.807) is 11.0 Å². The molecule has 1 aromatic carbocycles. The van der Waals surface area contributed by atoms with E-state index in [2.05, 4.69) is 36.2 Å². The Labute approximate surface area is 111 Å². The van der Waals surface area contributed by atoms with E-state index in [9.17, 15) is 0 Å². The molecule has 0 bridgehead atoms. The van der Waals surface area contributed by atoms with Crippen molar-refractivity contribution in [1.82, 2.24) is 24.9 Å². The van der Waals surface area contributed by atoms with E-state index in [1.165, 1.54) is 6.33 Å². The van der Waals surface area contributed by atoms with Crippen molar-refractivity contribution in [3.05, 3.63) is 47.3 Å². The third-order valence-corrected chi connectivity index (χ3v) is 2.81. The minimum atomic E-state index is 0.418. The Morgan fingerprint density at radius 1 is 1.33 bits per heavy atom. The summed E-state index contributed by atoms with van der Waals surface area (Å²) in [4.78, 5) is 8.16. The zero-order chi connectivity index (χ0) is 12.4. The molecule has 0 radical (unpaired) electrons. The van der Waals surface area contributed by atoms with Gasteiger partial charge in [-0.05, 0) is 12.1 Å². The van der Waals surface area contributed by atoms with Crippen LogP contribution in [0.4, 0.5) is 0 Å². The van der Waals surface area contributed by atoms with Crippen molar-refractivity contribution in [2.24, 2.45) is 0 Å². The SMILES string of the molecule is Brc1cccc(-c2noc(Cn3cncn3)n2)c1. The molecule has 6 nitrogen and oxygen atoms in total. The van der Waals surface area contributed by atoms with Crippen LogP contribution in [0.15, 0.2) is 45.9 Å². The van der Waals surface area contributed by atoms with Gasteiger partial charge < -0.3 is 4.52 Å². The van der Waals surface area contributed by atoms with Crippen LogP contribution in [0.1, 0.15) is 5.89 Å². The summed E-state index contributed by atoms with van der Waals surface area (Å²) in [5.41, 5.74) is 0.901. The summed E-state index contributed by atoms with van der Waals surface area (Å²) in [6.45, 7) is 0.418. The van der Waals surface area contributed by atoms with E-state index in [1.807, 2.05) is 24.3 Å².